The van der Waals surface area contributed by atoms with Crippen LogP contribution >= 0.6 is 11.6 Å². The Bertz CT molecular complexity index is 1220. The summed E-state index contributed by atoms with van der Waals surface area (Å²) in [6.07, 6.45) is -5.36. The first-order chi connectivity index (χ1) is 15.1. The number of benzene rings is 1. The average Bonchev–Trinajstić information content (AvgIpc) is 2.66. The molecule has 0 aliphatic heterocycles. The van der Waals surface area contributed by atoms with E-state index in [1.54, 1.807) is 0 Å². The van der Waals surface area contributed by atoms with Crippen LogP contribution in [0.5, 0.6) is 5.75 Å². The van der Waals surface area contributed by atoms with Crippen molar-refractivity contribution in [3.05, 3.63) is 55.6 Å². The Morgan fingerprint density at radius 3 is 2.33 bits per heavy atom. The van der Waals surface area contributed by atoms with Gasteiger partial charge >= 0.3 is 17.8 Å². The minimum Gasteiger partial charge on any atom is -0.481 e. The fourth-order valence-electron chi connectivity index (χ4n) is 2.70. The molecule has 0 saturated heterocycles. The van der Waals surface area contributed by atoms with Crippen LogP contribution in [0, 0.1) is 5.82 Å². The molecule has 0 radical (unpaired) electrons. The van der Waals surface area contributed by atoms with Crippen LogP contribution in [0.3, 0.4) is 0 Å². The SMILES string of the molecule is Cn1c(C(F)(F)F)cc(=O)n(-c2cc(OC(C)(C)C(=O)NCCC(=O)O)c(Cl)cc2F)c1=O. The molecule has 0 fully saturated rings. The van der Waals surface area contributed by atoms with Crippen LogP contribution in [0.2, 0.25) is 5.02 Å². The van der Waals surface area contributed by atoms with Crippen molar-refractivity contribution in [2.75, 3.05) is 6.54 Å². The normalized spacial score (nSPS) is 11.9. The molecule has 180 valence electrons. The fourth-order valence-corrected chi connectivity index (χ4v) is 2.89. The van der Waals surface area contributed by atoms with Crippen molar-refractivity contribution in [3.63, 3.8) is 0 Å². The highest BCUT2D eigenvalue weighted by Gasteiger charge is 2.35. The smallest absolute Gasteiger partial charge is 0.431 e. The van der Waals surface area contributed by atoms with Crippen molar-refractivity contribution < 1.29 is 37.0 Å². The summed E-state index contributed by atoms with van der Waals surface area (Å²) in [4.78, 5) is 47.6. The zero-order chi connectivity index (χ0) is 25.3. The second kappa shape index (κ2) is 9.25. The van der Waals surface area contributed by atoms with Crippen LogP contribution in [0.15, 0.2) is 27.8 Å². The Morgan fingerprint density at radius 1 is 1.18 bits per heavy atom. The zero-order valence-electron chi connectivity index (χ0n) is 17.4. The molecule has 2 rings (SSSR count). The van der Waals surface area contributed by atoms with Crippen LogP contribution in [-0.2, 0) is 22.8 Å². The van der Waals surface area contributed by atoms with Crippen molar-refractivity contribution in [3.8, 4) is 11.4 Å². The first-order valence-corrected chi connectivity index (χ1v) is 9.53. The summed E-state index contributed by atoms with van der Waals surface area (Å²) in [5, 5.41) is 10.6. The molecule has 1 aromatic heterocycles. The van der Waals surface area contributed by atoms with Crippen molar-refractivity contribution in [2.24, 2.45) is 7.05 Å². The number of halogens is 5. The molecule has 2 aromatic rings. The lowest BCUT2D eigenvalue weighted by atomic mass is 10.1. The number of nitrogens with zero attached hydrogens (tertiary/aromatic N) is 2. The Balaban J connectivity index is 2.52. The van der Waals surface area contributed by atoms with E-state index >= 15 is 0 Å². The average molecular weight is 496 g/mol. The molecular weight excluding hydrogens is 478 g/mol. The molecule has 0 saturated carbocycles. The molecule has 2 N–H and O–H groups in total. The van der Waals surface area contributed by atoms with Crippen LogP contribution in [0.25, 0.3) is 5.69 Å². The van der Waals surface area contributed by atoms with Gasteiger partial charge in [0.1, 0.15) is 17.3 Å². The maximum atomic E-state index is 14.6. The van der Waals surface area contributed by atoms with Crippen LogP contribution < -0.4 is 21.3 Å². The number of carbonyl (C=O) groups excluding carboxylic acids is 1. The standard InChI is InChI=1S/C19H18ClF4N3O6/c1-18(2,16(31)25-5-4-15(29)30)33-12-7-11(10(21)6-9(12)20)27-14(28)8-13(19(22,23)24)26(3)17(27)32/h6-8H,4-5H2,1-3H3,(H,25,31)(H,29,30). The van der Waals surface area contributed by atoms with E-state index in [-0.39, 0.29) is 38.9 Å². The highest BCUT2D eigenvalue weighted by molar-refractivity contribution is 6.32. The summed E-state index contributed by atoms with van der Waals surface area (Å²) in [6.45, 7) is 2.36. The molecule has 0 bridgehead atoms. The van der Waals surface area contributed by atoms with Gasteiger partial charge in [0.05, 0.1) is 17.1 Å². The molecule has 0 spiro atoms. The Hall–Kier alpha value is -3.35. The third-order valence-electron chi connectivity index (χ3n) is 4.39. The summed E-state index contributed by atoms with van der Waals surface area (Å²) in [5.74, 6) is -3.48. The molecule has 0 unspecified atom stereocenters. The highest BCUT2D eigenvalue weighted by Crippen LogP contribution is 2.32. The first kappa shape index (κ1) is 25.9. The van der Waals surface area contributed by atoms with Gasteiger partial charge in [0, 0.05) is 25.7 Å². The molecular formula is C19H18ClF4N3O6. The largest absolute Gasteiger partial charge is 0.481 e. The molecule has 0 aliphatic carbocycles. The molecule has 9 nitrogen and oxygen atoms in total. The van der Waals surface area contributed by atoms with Crippen LogP contribution in [0.4, 0.5) is 17.6 Å². The molecule has 33 heavy (non-hydrogen) atoms. The van der Waals surface area contributed by atoms with Crippen molar-refractivity contribution in [2.45, 2.75) is 32.0 Å². The zero-order valence-corrected chi connectivity index (χ0v) is 18.2. The number of alkyl halides is 3. The van der Waals surface area contributed by atoms with Gasteiger partial charge in [0.2, 0.25) is 0 Å². The number of nitrogens with one attached hydrogen (secondary N) is 1. The Kier molecular flexibility index (Phi) is 7.27. The third kappa shape index (κ3) is 5.72. The van der Waals surface area contributed by atoms with E-state index in [1.165, 1.54) is 13.8 Å². The van der Waals surface area contributed by atoms with Crippen molar-refractivity contribution in [1.82, 2.24) is 14.5 Å². The number of amides is 1. The van der Waals surface area contributed by atoms with E-state index < -0.39 is 52.1 Å². The number of hydrogen-bond donors (Lipinski definition) is 2. The number of ether oxygens (including phenoxy) is 1. The van der Waals surface area contributed by atoms with Crippen LogP contribution in [0.1, 0.15) is 26.0 Å². The van der Waals surface area contributed by atoms with Crippen molar-refractivity contribution >= 4 is 23.5 Å². The quantitative estimate of drug-likeness (QED) is 0.568. The Morgan fingerprint density at radius 2 is 1.79 bits per heavy atom. The molecule has 0 atom stereocenters. The van der Waals surface area contributed by atoms with Gasteiger partial charge in [-0.05, 0) is 19.9 Å². The predicted molar refractivity (Wildman–Crippen MR) is 107 cm³/mol. The summed E-state index contributed by atoms with van der Waals surface area (Å²) < 4.78 is 59.5. The monoisotopic (exact) mass is 495 g/mol. The van der Waals surface area contributed by atoms with Gasteiger partial charge in [-0.15, -0.1) is 0 Å². The highest BCUT2D eigenvalue weighted by atomic mass is 35.5. The van der Waals surface area contributed by atoms with E-state index in [0.717, 1.165) is 13.1 Å². The molecule has 1 heterocycles. The van der Waals surface area contributed by atoms with Crippen molar-refractivity contribution in [1.29, 1.82) is 0 Å². The number of aliphatic carboxylic acids is 1. The first-order valence-electron chi connectivity index (χ1n) is 9.15. The van der Waals surface area contributed by atoms with E-state index in [4.69, 9.17) is 21.4 Å². The van der Waals surface area contributed by atoms with E-state index in [1.807, 2.05) is 0 Å². The number of hydrogen-bond acceptors (Lipinski definition) is 5. The van der Waals surface area contributed by atoms with Gasteiger partial charge in [-0.25, -0.2) is 13.8 Å². The minimum atomic E-state index is -5.00. The lowest BCUT2D eigenvalue weighted by Gasteiger charge is -2.26. The van der Waals surface area contributed by atoms with Gasteiger partial charge in [-0.2, -0.15) is 13.2 Å². The maximum Gasteiger partial charge on any atom is 0.431 e. The second-order valence-electron chi connectivity index (χ2n) is 7.29. The number of rotatable bonds is 7. The van der Waals surface area contributed by atoms with E-state index in [2.05, 4.69) is 5.32 Å². The number of carboxylic acids is 1. The van der Waals surface area contributed by atoms with Gasteiger partial charge in [-0.1, -0.05) is 11.6 Å². The molecule has 14 heteroatoms. The lowest BCUT2D eigenvalue weighted by molar-refractivity contribution is -0.144. The van der Waals surface area contributed by atoms with Gasteiger partial charge in [0.15, 0.2) is 5.60 Å². The molecule has 1 amide bonds. The second-order valence-corrected chi connectivity index (χ2v) is 7.70. The number of carboxylic acid groups (broad SMARTS) is 1. The third-order valence-corrected chi connectivity index (χ3v) is 4.68. The molecule has 1 aromatic carbocycles. The lowest BCUT2D eigenvalue weighted by Crippen LogP contribution is -2.47. The Labute approximate surface area is 188 Å². The predicted octanol–water partition coefficient (Wildman–Crippen LogP) is 2.10. The molecule has 0 aliphatic rings. The van der Waals surface area contributed by atoms with Gasteiger partial charge in [0.25, 0.3) is 11.5 Å². The van der Waals surface area contributed by atoms with E-state index in [9.17, 15) is 36.7 Å². The topological polar surface area (TPSA) is 120 Å². The van der Waals surface area contributed by atoms with Gasteiger partial charge in [-0.3, -0.25) is 19.0 Å². The number of carbonyl (C=O) groups is 2. The summed E-state index contributed by atoms with van der Waals surface area (Å²) in [6, 6.07) is 1.59. The maximum absolute atomic E-state index is 14.6. The fraction of sp³-hybridized carbons (Fsp3) is 0.368. The minimum absolute atomic E-state index is 0.135. The van der Waals surface area contributed by atoms with Crippen LogP contribution in [-0.4, -0.2) is 38.3 Å². The summed E-state index contributed by atoms with van der Waals surface area (Å²) in [5.41, 5.74) is -6.89. The van der Waals surface area contributed by atoms with E-state index in [0.29, 0.717) is 6.07 Å². The summed E-state index contributed by atoms with van der Waals surface area (Å²) in [7, 11) is 0.761. The number of aromatic nitrogens is 2. The summed E-state index contributed by atoms with van der Waals surface area (Å²) >= 11 is 5.95. The van der Waals surface area contributed by atoms with Gasteiger partial charge < -0.3 is 15.2 Å².